The standard InChI is InChI=1S/C19H20N4O8/c1-13(21-19(25)12-31-17-8-4-15(5-9-17)23(28)29)10-20-18(24)11-30-16-6-2-14(3-7-16)22(26)27/h2-9,13H,10-12H2,1H3,(H,20,24)(H,21,25). The Morgan fingerprint density at radius 2 is 1.26 bits per heavy atom. The van der Waals surface area contributed by atoms with Gasteiger partial charge in [0.05, 0.1) is 9.85 Å². The number of carbonyl (C=O) groups excluding carboxylic acids is 2. The molecule has 0 radical (unpaired) electrons. The summed E-state index contributed by atoms with van der Waals surface area (Å²) in [4.78, 5) is 43.9. The second-order valence-electron chi connectivity index (χ2n) is 6.35. The van der Waals surface area contributed by atoms with Crippen molar-refractivity contribution in [3.63, 3.8) is 0 Å². The molecule has 2 aromatic carbocycles. The van der Waals surface area contributed by atoms with Gasteiger partial charge in [-0.1, -0.05) is 0 Å². The van der Waals surface area contributed by atoms with Gasteiger partial charge in [-0.2, -0.15) is 0 Å². The van der Waals surface area contributed by atoms with Gasteiger partial charge in [-0.25, -0.2) is 0 Å². The Labute approximate surface area is 176 Å². The number of benzene rings is 2. The highest BCUT2D eigenvalue weighted by Gasteiger charge is 2.11. The van der Waals surface area contributed by atoms with E-state index in [0.717, 1.165) is 0 Å². The van der Waals surface area contributed by atoms with Crippen LogP contribution in [-0.4, -0.2) is 47.5 Å². The number of nitro groups is 2. The minimum atomic E-state index is -0.539. The van der Waals surface area contributed by atoms with Crippen LogP contribution < -0.4 is 20.1 Å². The van der Waals surface area contributed by atoms with Gasteiger partial charge in [-0.3, -0.25) is 29.8 Å². The first-order chi connectivity index (χ1) is 14.7. The van der Waals surface area contributed by atoms with Crippen molar-refractivity contribution in [2.24, 2.45) is 0 Å². The molecule has 0 spiro atoms. The molecular weight excluding hydrogens is 412 g/mol. The van der Waals surface area contributed by atoms with E-state index in [2.05, 4.69) is 10.6 Å². The van der Waals surface area contributed by atoms with Crippen LogP contribution in [0, 0.1) is 20.2 Å². The summed E-state index contributed by atoms with van der Waals surface area (Å²) in [5.74, 6) is -0.237. The fraction of sp³-hybridized carbons (Fsp3) is 0.263. The van der Waals surface area contributed by atoms with Crippen molar-refractivity contribution in [2.75, 3.05) is 19.8 Å². The zero-order valence-electron chi connectivity index (χ0n) is 16.5. The van der Waals surface area contributed by atoms with Crippen molar-refractivity contribution in [1.29, 1.82) is 0 Å². The largest absolute Gasteiger partial charge is 0.484 e. The molecule has 0 aliphatic rings. The lowest BCUT2D eigenvalue weighted by Gasteiger charge is -2.15. The van der Waals surface area contributed by atoms with Crippen LogP contribution in [-0.2, 0) is 9.59 Å². The molecule has 164 valence electrons. The van der Waals surface area contributed by atoms with E-state index in [1.165, 1.54) is 48.5 Å². The summed E-state index contributed by atoms with van der Waals surface area (Å²) in [5.41, 5.74) is -0.169. The van der Waals surface area contributed by atoms with Crippen LogP contribution in [0.3, 0.4) is 0 Å². The number of nitrogens with one attached hydrogen (secondary N) is 2. The van der Waals surface area contributed by atoms with Gasteiger partial charge in [0.15, 0.2) is 13.2 Å². The van der Waals surface area contributed by atoms with Gasteiger partial charge >= 0.3 is 0 Å². The van der Waals surface area contributed by atoms with E-state index in [-0.39, 0.29) is 31.1 Å². The number of non-ortho nitro benzene ring substituents is 2. The van der Waals surface area contributed by atoms with Crippen molar-refractivity contribution >= 4 is 23.2 Å². The summed E-state index contributed by atoms with van der Waals surface area (Å²) >= 11 is 0. The van der Waals surface area contributed by atoms with E-state index in [1.54, 1.807) is 6.92 Å². The molecule has 2 aromatic rings. The number of ether oxygens (including phenoxy) is 2. The molecule has 0 saturated heterocycles. The molecule has 1 atom stereocenters. The van der Waals surface area contributed by atoms with Gasteiger partial charge in [0.1, 0.15) is 11.5 Å². The molecule has 12 nitrogen and oxygen atoms in total. The first-order valence-corrected chi connectivity index (χ1v) is 9.05. The highest BCUT2D eigenvalue weighted by Crippen LogP contribution is 2.18. The van der Waals surface area contributed by atoms with Crippen LogP contribution in [0.5, 0.6) is 11.5 Å². The minimum absolute atomic E-state index is 0.0843. The van der Waals surface area contributed by atoms with Gasteiger partial charge in [0.25, 0.3) is 23.2 Å². The van der Waals surface area contributed by atoms with E-state index in [0.29, 0.717) is 11.5 Å². The van der Waals surface area contributed by atoms with Gasteiger partial charge in [0.2, 0.25) is 0 Å². The molecule has 0 fully saturated rings. The number of hydrogen-bond acceptors (Lipinski definition) is 8. The Kier molecular flexibility index (Phi) is 8.25. The zero-order chi connectivity index (χ0) is 22.8. The fourth-order valence-electron chi connectivity index (χ4n) is 2.31. The number of rotatable bonds is 11. The maximum Gasteiger partial charge on any atom is 0.269 e. The quantitative estimate of drug-likeness (QED) is 0.399. The van der Waals surface area contributed by atoms with E-state index >= 15 is 0 Å². The Morgan fingerprint density at radius 1 is 0.839 bits per heavy atom. The first kappa shape index (κ1) is 23.1. The third-order valence-electron chi connectivity index (χ3n) is 3.85. The number of amides is 2. The maximum atomic E-state index is 11.9. The zero-order valence-corrected chi connectivity index (χ0v) is 16.5. The Morgan fingerprint density at radius 3 is 1.68 bits per heavy atom. The van der Waals surface area contributed by atoms with Crippen LogP contribution in [0.2, 0.25) is 0 Å². The number of hydrogen-bond donors (Lipinski definition) is 2. The Hall–Kier alpha value is -4.22. The van der Waals surface area contributed by atoms with Crippen molar-refractivity contribution in [1.82, 2.24) is 10.6 Å². The summed E-state index contributed by atoms with van der Waals surface area (Å²) in [6, 6.07) is 10.2. The van der Waals surface area contributed by atoms with Gasteiger partial charge < -0.3 is 20.1 Å². The molecule has 2 rings (SSSR count). The predicted molar refractivity (Wildman–Crippen MR) is 108 cm³/mol. The minimum Gasteiger partial charge on any atom is -0.484 e. The summed E-state index contributed by atoms with van der Waals surface area (Å²) in [6.07, 6.45) is 0. The van der Waals surface area contributed by atoms with Crippen LogP contribution in [0.1, 0.15) is 6.92 Å². The topological polar surface area (TPSA) is 163 Å². The maximum absolute atomic E-state index is 11.9. The third-order valence-corrected chi connectivity index (χ3v) is 3.85. The molecule has 0 heterocycles. The van der Waals surface area contributed by atoms with Gasteiger partial charge in [0, 0.05) is 36.9 Å². The fourth-order valence-corrected chi connectivity index (χ4v) is 2.31. The summed E-state index contributed by atoms with van der Waals surface area (Å²) in [5, 5.41) is 26.4. The summed E-state index contributed by atoms with van der Waals surface area (Å²) < 4.78 is 10.5. The average Bonchev–Trinajstić information content (AvgIpc) is 2.75. The van der Waals surface area contributed by atoms with Crippen molar-refractivity contribution in [3.8, 4) is 11.5 Å². The SMILES string of the molecule is CC(CNC(=O)COc1ccc([N+](=O)[O-])cc1)NC(=O)COc1ccc([N+](=O)[O-])cc1. The van der Waals surface area contributed by atoms with Gasteiger partial charge in [-0.05, 0) is 31.2 Å². The summed E-state index contributed by atoms with van der Waals surface area (Å²) in [7, 11) is 0. The molecule has 31 heavy (non-hydrogen) atoms. The lowest BCUT2D eigenvalue weighted by molar-refractivity contribution is -0.385. The average molecular weight is 432 g/mol. The van der Waals surface area contributed by atoms with Crippen LogP contribution >= 0.6 is 0 Å². The molecule has 0 aliphatic heterocycles. The second-order valence-corrected chi connectivity index (χ2v) is 6.35. The Bertz CT molecular complexity index is 931. The number of nitrogens with zero attached hydrogens (tertiary/aromatic N) is 2. The molecule has 0 aromatic heterocycles. The van der Waals surface area contributed by atoms with Crippen molar-refractivity contribution in [2.45, 2.75) is 13.0 Å². The predicted octanol–water partition coefficient (Wildman–Crippen LogP) is 1.58. The van der Waals surface area contributed by atoms with Crippen molar-refractivity contribution < 1.29 is 28.9 Å². The monoisotopic (exact) mass is 432 g/mol. The molecule has 0 aliphatic carbocycles. The first-order valence-electron chi connectivity index (χ1n) is 9.05. The number of carbonyl (C=O) groups is 2. The van der Waals surface area contributed by atoms with E-state index in [1.807, 2.05) is 0 Å². The van der Waals surface area contributed by atoms with Crippen LogP contribution in [0.4, 0.5) is 11.4 Å². The Balaban J connectivity index is 1.65. The van der Waals surface area contributed by atoms with Gasteiger partial charge in [-0.15, -0.1) is 0 Å². The van der Waals surface area contributed by atoms with Crippen molar-refractivity contribution in [3.05, 3.63) is 68.8 Å². The molecule has 2 amide bonds. The highest BCUT2D eigenvalue weighted by molar-refractivity contribution is 5.79. The number of nitro benzene ring substituents is 2. The lowest BCUT2D eigenvalue weighted by Crippen LogP contribution is -2.44. The van der Waals surface area contributed by atoms with E-state index in [4.69, 9.17) is 9.47 Å². The molecular formula is C19H20N4O8. The molecule has 0 saturated carbocycles. The van der Waals surface area contributed by atoms with E-state index < -0.39 is 27.7 Å². The molecule has 2 N–H and O–H groups in total. The lowest BCUT2D eigenvalue weighted by atomic mass is 10.3. The van der Waals surface area contributed by atoms with Crippen LogP contribution in [0.15, 0.2) is 48.5 Å². The normalized spacial score (nSPS) is 11.1. The smallest absolute Gasteiger partial charge is 0.269 e. The summed E-state index contributed by atoms with van der Waals surface area (Å²) in [6.45, 7) is 1.24. The molecule has 12 heteroatoms. The molecule has 1 unspecified atom stereocenters. The third kappa shape index (κ3) is 7.97. The van der Waals surface area contributed by atoms with Crippen LogP contribution in [0.25, 0.3) is 0 Å². The second kappa shape index (κ2) is 11.1. The van der Waals surface area contributed by atoms with E-state index in [9.17, 15) is 29.8 Å². The molecule has 0 bridgehead atoms. The highest BCUT2D eigenvalue weighted by atomic mass is 16.6.